The molecule has 4 nitrogen and oxygen atoms in total. The molecule has 1 saturated carbocycles. The molecule has 8 heteroatoms. The lowest BCUT2D eigenvalue weighted by Crippen LogP contribution is -2.47. The number of hydrogen-bond acceptors (Lipinski definition) is 3. The molecule has 20 heavy (non-hydrogen) atoms. The Kier molecular flexibility index (Phi) is 4.66. The summed E-state index contributed by atoms with van der Waals surface area (Å²) in [5.41, 5.74) is 0. The van der Waals surface area contributed by atoms with Gasteiger partial charge in [-0.15, -0.1) is 0 Å². The molecular formula is C12H21F3N2O2S. The van der Waals surface area contributed by atoms with Crippen LogP contribution in [0.5, 0.6) is 0 Å². The summed E-state index contributed by atoms with van der Waals surface area (Å²) in [5, 5.41) is 4.63. The Morgan fingerprint density at radius 2 is 1.45 bits per heavy atom. The van der Waals surface area contributed by atoms with Gasteiger partial charge in [0.05, 0.1) is 11.2 Å². The molecule has 0 radical (unpaired) electrons. The topological polar surface area (TPSA) is 63.4 Å². The summed E-state index contributed by atoms with van der Waals surface area (Å²) >= 11 is 0. The van der Waals surface area contributed by atoms with Crippen LogP contribution in [-0.2, 0) is 10.0 Å². The number of nitrogens with zero attached hydrogens (tertiary/aromatic N) is 1. The van der Waals surface area contributed by atoms with Gasteiger partial charge in [-0.2, -0.15) is 13.2 Å². The number of sulfonamides is 1. The van der Waals surface area contributed by atoms with Crippen molar-refractivity contribution in [2.24, 2.45) is 11.1 Å². The number of rotatable bonds is 2. The highest BCUT2D eigenvalue weighted by Gasteiger charge is 2.42. The van der Waals surface area contributed by atoms with Gasteiger partial charge < -0.3 is 4.90 Å². The number of halogens is 3. The maximum atomic E-state index is 12.6. The third-order valence-electron chi connectivity index (χ3n) is 4.62. The molecule has 0 aromatic carbocycles. The maximum absolute atomic E-state index is 12.6. The van der Waals surface area contributed by atoms with E-state index in [0.717, 1.165) is 0 Å². The highest BCUT2D eigenvalue weighted by atomic mass is 32.2. The van der Waals surface area contributed by atoms with Gasteiger partial charge in [-0.3, -0.25) is 0 Å². The Hall–Kier alpha value is -0.340. The van der Waals surface area contributed by atoms with Gasteiger partial charge >= 0.3 is 6.18 Å². The Morgan fingerprint density at radius 3 is 1.85 bits per heavy atom. The van der Waals surface area contributed by atoms with Gasteiger partial charge in [0.1, 0.15) is 0 Å². The quantitative estimate of drug-likeness (QED) is 0.846. The number of nitrogens with two attached hydrogens (primary N) is 1. The van der Waals surface area contributed by atoms with Gasteiger partial charge in [0.2, 0.25) is 10.0 Å². The smallest absolute Gasteiger partial charge is 0.300 e. The fourth-order valence-electron chi connectivity index (χ4n) is 3.34. The van der Waals surface area contributed by atoms with Gasteiger partial charge in [0, 0.05) is 6.04 Å². The van der Waals surface area contributed by atoms with Crippen molar-refractivity contribution >= 4 is 10.0 Å². The molecule has 2 rings (SSSR count). The lowest BCUT2D eigenvalue weighted by molar-refractivity contribution is -0.184. The summed E-state index contributed by atoms with van der Waals surface area (Å²) in [7, 11) is -3.48. The number of alkyl halides is 3. The van der Waals surface area contributed by atoms with Crippen molar-refractivity contribution in [1.82, 2.24) is 4.90 Å². The van der Waals surface area contributed by atoms with Crippen molar-refractivity contribution in [3.63, 3.8) is 0 Å². The van der Waals surface area contributed by atoms with Gasteiger partial charge in [-0.05, 0) is 51.6 Å². The van der Waals surface area contributed by atoms with Crippen LogP contribution in [0, 0.1) is 5.92 Å². The molecule has 0 unspecified atom stereocenters. The molecule has 2 N–H and O–H groups in total. The highest BCUT2D eigenvalue weighted by Crippen LogP contribution is 2.39. The van der Waals surface area contributed by atoms with Gasteiger partial charge in [0.25, 0.3) is 0 Å². The average molecular weight is 314 g/mol. The Bertz CT molecular complexity index is 422. The highest BCUT2D eigenvalue weighted by molar-refractivity contribution is 7.89. The van der Waals surface area contributed by atoms with E-state index in [1.807, 2.05) is 0 Å². The first-order chi connectivity index (χ1) is 9.18. The van der Waals surface area contributed by atoms with Crippen molar-refractivity contribution in [2.75, 3.05) is 13.1 Å². The van der Waals surface area contributed by atoms with Crippen LogP contribution in [-0.4, -0.2) is 43.9 Å². The zero-order valence-electron chi connectivity index (χ0n) is 11.3. The summed E-state index contributed by atoms with van der Waals surface area (Å²) < 4.78 is 60.3. The van der Waals surface area contributed by atoms with E-state index in [2.05, 4.69) is 4.90 Å². The fraction of sp³-hybridized carbons (Fsp3) is 1.00. The molecule has 0 amide bonds. The minimum Gasteiger partial charge on any atom is -0.300 e. The van der Waals surface area contributed by atoms with Crippen molar-refractivity contribution < 1.29 is 21.6 Å². The molecule has 0 spiro atoms. The molecule has 1 heterocycles. The number of hydrogen-bond donors (Lipinski definition) is 1. The lowest BCUT2D eigenvalue weighted by atomic mass is 9.84. The average Bonchev–Trinajstić information content (AvgIpc) is 2.37. The minimum atomic E-state index is -4.08. The van der Waals surface area contributed by atoms with Crippen LogP contribution in [0.15, 0.2) is 0 Å². The third kappa shape index (κ3) is 3.85. The van der Waals surface area contributed by atoms with E-state index in [4.69, 9.17) is 5.14 Å². The predicted molar refractivity (Wildman–Crippen MR) is 69.5 cm³/mol. The van der Waals surface area contributed by atoms with Crippen LogP contribution in [0.1, 0.15) is 38.5 Å². The molecule has 0 bridgehead atoms. The van der Waals surface area contributed by atoms with E-state index in [1.54, 1.807) is 0 Å². The van der Waals surface area contributed by atoms with Crippen molar-refractivity contribution in [3.8, 4) is 0 Å². The summed E-state index contributed by atoms with van der Waals surface area (Å²) in [6, 6.07) is 0.162. The van der Waals surface area contributed by atoms with Crippen LogP contribution in [0.4, 0.5) is 13.2 Å². The fourth-order valence-corrected chi connectivity index (χ4v) is 4.21. The van der Waals surface area contributed by atoms with E-state index >= 15 is 0 Å². The SMILES string of the molecule is NS(=O)(=O)C1CCN(C2CCC(C(F)(F)F)CC2)CC1. The van der Waals surface area contributed by atoms with E-state index in [-0.39, 0.29) is 18.9 Å². The first kappa shape index (κ1) is 16.0. The second-order valence-electron chi connectivity index (χ2n) is 5.87. The van der Waals surface area contributed by atoms with Crippen LogP contribution < -0.4 is 5.14 Å². The number of primary sulfonamides is 1. The van der Waals surface area contributed by atoms with E-state index in [0.29, 0.717) is 38.8 Å². The van der Waals surface area contributed by atoms with E-state index in [1.165, 1.54) is 0 Å². The van der Waals surface area contributed by atoms with Crippen molar-refractivity contribution in [3.05, 3.63) is 0 Å². The summed E-state index contributed by atoms with van der Waals surface area (Å²) in [5.74, 6) is -1.17. The molecule has 0 aromatic heterocycles. The maximum Gasteiger partial charge on any atom is 0.391 e. The second-order valence-corrected chi connectivity index (χ2v) is 7.72. The largest absolute Gasteiger partial charge is 0.391 e. The van der Waals surface area contributed by atoms with E-state index in [9.17, 15) is 21.6 Å². The molecule has 1 aliphatic carbocycles. The molecule has 2 fully saturated rings. The molecule has 0 aromatic rings. The Balaban J connectivity index is 1.82. The second kappa shape index (κ2) is 5.81. The van der Waals surface area contributed by atoms with Gasteiger partial charge in [-0.25, -0.2) is 13.6 Å². The van der Waals surface area contributed by atoms with Crippen molar-refractivity contribution in [2.45, 2.75) is 56.0 Å². The van der Waals surface area contributed by atoms with Crippen molar-refractivity contribution in [1.29, 1.82) is 0 Å². The van der Waals surface area contributed by atoms with Gasteiger partial charge in [-0.1, -0.05) is 0 Å². The number of likely N-dealkylation sites (tertiary alicyclic amines) is 1. The van der Waals surface area contributed by atoms with Crippen LogP contribution >= 0.6 is 0 Å². The summed E-state index contributed by atoms with van der Waals surface area (Å²) in [6.07, 6.45) is -1.65. The standard InChI is InChI=1S/C12H21F3N2O2S/c13-12(14,15)9-1-3-10(4-2-9)17-7-5-11(6-8-17)20(16,18)19/h9-11H,1-8H2,(H2,16,18,19). The first-order valence-corrected chi connectivity index (χ1v) is 8.61. The summed E-state index contributed by atoms with van der Waals surface area (Å²) in [6.45, 7) is 1.23. The first-order valence-electron chi connectivity index (χ1n) is 7.00. The van der Waals surface area contributed by atoms with Crippen LogP contribution in [0.3, 0.4) is 0 Å². The molecule has 0 atom stereocenters. The number of piperidine rings is 1. The Morgan fingerprint density at radius 1 is 0.950 bits per heavy atom. The van der Waals surface area contributed by atoms with Crippen LogP contribution in [0.2, 0.25) is 0 Å². The minimum absolute atomic E-state index is 0.162. The molecule has 1 saturated heterocycles. The summed E-state index contributed by atoms with van der Waals surface area (Å²) in [4.78, 5) is 2.13. The molecule has 118 valence electrons. The molecule has 1 aliphatic heterocycles. The Labute approximate surface area is 117 Å². The zero-order valence-corrected chi connectivity index (χ0v) is 12.1. The normalized spacial score (nSPS) is 31.4. The lowest BCUT2D eigenvalue weighted by Gasteiger charge is -2.40. The van der Waals surface area contributed by atoms with E-state index < -0.39 is 27.4 Å². The van der Waals surface area contributed by atoms with Gasteiger partial charge in [0.15, 0.2) is 0 Å². The van der Waals surface area contributed by atoms with Crippen LogP contribution in [0.25, 0.3) is 0 Å². The third-order valence-corrected chi connectivity index (χ3v) is 6.02. The predicted octanol–water partition coefficient (Wildman–Crippen LogP) is 1.86. The zero-order chi connectivity index (χ0) is 15.0. The monoisotopic (exact) mass is 314 g/mol. The molecular weight excluding hydrogens is 293 g/mol. The molecule has 2 aliphatic rings.